The van der Waals surface area contributed by atoms with E-state index in [4.69, 9.17) is 4.74 Å². The molecule has 0 radical (unpaired) electrons. The van der Waals surface area contributed by atoms with Gasteiger partial charge >= 0.3 is 0 Å². The second-order valence-electron chi connectivity index (χ2n) is 5.61. The maximum Gasteiger partial charge on any atom is 0.274 e. The number of nitrogens with zero attached hydrogens (tertiary/aromatic N) is 2. The zero-order valence-electron chi connectivity index (χ0n) is 14.7. The van der Waals surface area contributed by atoms with Gasteiger partial charge in [0.1, 0.15) is 17.1 Å². The Hall–Kier alpha value is -3.74. The van der Waals surface area contributed by atoms with Crippen molar-refractivity contribution in [2.45, 2.75) is 6.54 Å². The molecule has 0 aliphatic rings. The summed E-state index contributed by atoms with van der Waals surface area (Å²) in [7, 11) is 1.52. The predicted octanol–water partition coefficient (Wildman–Crippen LogP) is 2.67. The predicted molar refractivity (Wildman–Crippen MR) is 101 cm³/mol. The van der Waals surface area contributed by atoms with Gasteiger partial charge in [-0.3, -0.25) is 14.6 Å². The number of benzene rings is 1. The summed E-state index contributed by atoms with van der Waals surface area (Å²) >= 11 is 0. The smallest absolute Gasteiger partial charge is 0.274 e. The van der Waals surface area contributed by atoms with Crippen molar-refractivity contribution in [3.05, 3.63) is 83.9 Å². The minimum atomic E-state index is -0.429. The molecule has 0 fully saturated rings. The highest BCUT2D eigenvalue weighted by atomic mass is 16.5. The van der Waals surface area contributed by atoms with Crippen LogP contribution in [0.5, 0.6) is 5.75 Å². The average Bonchev–Trinajstić information content (AvgIpc) is 2.73. The van der Waals surface area contributed by atoms with Gasteiger partial charge in [-0.15, -0.1) is 0 Å². The zero-order chi connectivity index (χ0) is 19.1. The summed E-state index contributed by atoms with van der Waals surface area (Å²) in [6.45, 7) is 0.325. The van der Waals surface area contributed by atoms with E-state index in [-0.39, 0.29) is 17.3 Å². The van der Waals surface area contributed by atoms with Crippen LogP contribution in [-0.2, 0) is 6.54 Å². The molecule has 2 N–H and O–H groups in total. The fourth-order valence-corrected chi connectivity index (χ4v) is 2.40. The summed E-state index contributed by atoms with van der Waals surface area (Å²) in [4.78, 5) is 32.9. The molecule has 0 spiro atoms. The number of aromatic nitrogens is 2. The zero-order valence-corrected chi connectivity index (χ0v) is 14.7. The van der Waals surface area contributed by atoms with E-state index < -0.39 is 5.91 Å². The lowest BCUT2D eigenvalue weighted by Gasteiger charge is -2.10. The molecule has 0 aliphatic heterocycles. The molecule has 0 unspecified atom stereocenters. The highest BCUT2D eigenvalue weighted by Crippen LogP contribution is 2.23. The van der Waals surface area contributed by atoms with E-state index in [1.807, 2.05) is 6.07 Å². The summed E-state index contributed by atoms with van der Waals surface area (Å²) in [5.74, 6) is -0.261. The van der Waals surface area contributed by atoms with Crippen molar-refractivity contribution in [2.75, 3.05) is 12.4 Å². The Kier molecular flexibility index (Phi) is 5.73. The molecule has 3 rings (SSSR count). The Morgan fingerprint density at radius 3 is 2.48 bits per heavy atom. The number of hydrogen-bond acceptors (Lipinski definition) is 5. The molecule has 1 aromatic carbocycles. The normalized spacial score (nSPS) is 10.1. The SMILES string of the molecule is COc1ccccc1NC(=O)c1cccc(C(=O)NCc2cccnc2)n1. The van der Waals surface area contributed by atoms with Crippen LogP contribution in [0.1, 0.15) is 26.5 Å². The van der Waals surface area contributed by atoms with Gasteiger partial charge in [0.05, 0.1) is 12.8 Å². The monoisotopic (exact) mass is 362 g/mol. The van der Waals surface area contributed by atoms with Gasteiger partial charge in [0, 0.05) is 18.9 Å². The number of pyridine rings is 2. The van der Waals surface area contributed by atoms with Gasteiger partial charge in [0.25, 0.3) is 11.8 Å². The average molecular weight is 362 g/mol. The molecule has 3 aromatic rings. The first kappa shape index (κ1) is 18.1. The summed E-state index contributed by atoms with van der Waals surface area (Å²) in [6, 6.07) is 15.4. The molecule has 2 aromatic heterocycles. The van der Waals surface area contributed by atoms with Gasteiger partial charge in [-0.05, 0) is 35.9 Å². The molecule has 0 atom stereocenters. The maximum atomic E-state index is 12.5. The van der Waals surface area contributed by atoms with Gasteiger partial charge in [0.2, 0.25) is 0 Å². The lowest BCUT2D eigenvalue weighted by Crippen LogP contribution is -2.25. The summed E-state index contributed by atoms with van der Waals surface area (Å²) in [5.41, 5.74) is 1.69. The fraction of sp³-hybridized carbons (Fsp3) is 0.100. The largest absolute Gasteiger partial charge is 0.495 e. The quantitative estimate of drug-likeness (QED) is 0.703. The van der Waals surface area contributed by atoms with E-state index in [1.165, 1.54) is 7.11 Å². The van der Waals surface area contributed by atoms with Crippen LogP contribution in [0.25, 0.3) is 0 Å². The molecule has 7 nitrogen and oxygen atoms in total. The highest BCUT2D eigenvalue weighted by Gasteiger charge is 2.14. The van der Waals surface area contributed by atoms with Crippen molar-refractivity contribution in [2.24, 2.45) is 0 Å². The third-order valence-corrected chi connectivity index (χ3v) is 3.75. The third kappa shape index (κ3) is 4.66. The Balaban J connectivity index is 1.69. The van der Waals surface area contributed by atoms with E-state index in [0.717, 1.165) is 5.56 Å². The minimum absolute atomic E-state index is 0.134. The molecule has 2 amide bonds. The van der Waals surface area contributed by atoms with Crippen LogP contribution < -0.4 is 15.4 Å². The van der Waals surface area contributed by atoms with Crippen LogP contribution in [0.4, 0.5) is 5.69 Å². The molecular weight excluding hydrogens is 344 g/mol. The first-order valence-electron chi connectivity index (χ1n) is 8.26. The first-order chi connectivity index (χ1) is 13.2. The number of anilines is 1. The summed E-state index contributed by atoms with van der Waals surface area (Å²) in [6.07, 6.45) is 3.33. The minimum Gasteiger partial charge on any atom is -0.495 e. The Morgan fingerprint density at radius 1 is 0.963 bits per heavy atom. The number of rotatable bonds is 6. The topological polar surface area (TPSA) is 93.2 Å². The van der Waals surface area contributed by atoms with Crippen molar-refractivity contribution in [3.8, 4) is 5.75 Å². The van der Waals surface area contributed by atoms with E-state index in [9.17, 15) is 9.59 Å². The molecule has 2 heterocycles. The number of nitrogens with one attached hydrogen (secondary N) is 2. The number of ether oxygens (including phenoxy) is 1. The number of methoxy groups -OCH3 is 1. The second kappa shape index (κ2) is 8.57. The number of amides is 2. The van der Waals surface area contributed by atoms with Crippen molar-refractivity contribution in [1.29, 1.82) is 0 Å². The standard InChI is InChI=1S/C20H18N4O3/c1-27-18-10-3-2-7-15(18)24-20(26)17-9-4-8-16(23-17)19(25)22-13-14-6-5-11-21-12-14/h2-12H,13H2,1H3,(H,22,25)(H,24,26). The third-order valence-electron chi connectivity index (χ3n) is 3.75. The first-order valence-corrected chi connectivity index (χ1v) is 8.26. The van der Waals surface area contributed by atoms with Crippen LogP contribution in [0.2, 0.25) is 0 Å². The van der Waals surface area contributed by atoms with Crippen molar-refractivity contribution in [3.63, 3.8) is 0 Å². The van der Waals surface area contributed by atoms with Gasteiger partial charge < -0.3 is 15.4 Å². The molecule has 7 heteroatoms. The van der Waals surface area contributed by atoms with E-state index in [2.05, 4.69) is 20.6 Å². The summed E-state index contributed by atoms with van der Waals surface area (Å²) < 4.78 is 5.21. The van der Waals surface area contributed by atoms with Gasteiger partial charge in [0.15, 0.2) is 0 Å². The number of carbonyl (C=O) groups is 2. The lowest BCUT2D eigenvalue weighted by molar-refractivity contribution is 0.0945. The number of para-hydroxylation sites is 2. The van der Waals surface area contributed by atoms with E-state index in [1.54, 1.807) is 60.9 Å². The van der Waals surface area contributed by atoms with Gasteiger partial charge in [-0.25, -0.2) is 4.98 Å². The Morgan fingerprint density at radius 2 is 1.74 bits per heavy atom. The molecule has 27 heavy (non-hydrogen) atoms. The van der Waals surface area contributed by atoms with Crippen molar-refractivity contribution < 1.29 is 14.3 Å². The van der Waals surface area contributed by atoms with Crippen LogP contribution >= 0.6 is 0 Å². The van der Waals surface area contributed by atoms with Crippen LogP contribution in [0.3, 0.4) is 0 Å². The van der Waals surface area contributed by atoms with Crippen LogP contribution in [-0.4, -0.2) is 28.9 Å². The fourth-order valence-electron chi connectivity index (χ4n) is 2.40. The summed E-state index contributed by atoms with van der Waals surface area (Å²) in [5, 5.41) is 5.49. The van der Waals surface area contributed by atoms with Gasteiger partial charge in [-0.1, -0.05) is 24.3 Å². The Labute approximate surface area is 156 Å². The van der Waals surface area contributed by atoms with Crippen LogP contribution in [0.15, 0.2) is 67.0 Å². The molecule has 0 saturated heterocycles. The van der Waals surface area contributed by atoms with Crippen molar-refractivity contribution in [1.82, 2.24) is 15.3 Å². The molecule has 0 aliphatic carbocycles. The second-order valence-corrected chi connectivity index (χ2v) is 5.61. The number of carbonyl (C=O) groups excluding carboxylic acids is 2. The van der Waals surface area contributed by atoms with E-state index >= 15 is 0 Å². The molecule has 0 saturated carbocycles. The Bertz CT molecular complexity index is 945. The highest BCUT2D eigenvalue weighted by molar-refractivity contribution is 6.04. The van der Waals surface area contributed by atoms with E-state index in [0.29, 0.717) is 18.0 Å². The molecule has 0 bridgehead atoms. The maximum absolute atomic E-state index is 12.5. The van der Waals surface area contributed by atoms with Crippen molar-refractivity contribution >= 4 is 17.5 Å². The lowest BCUT2D eigenvalue weighted by atomic mass is 10.2. The molecule has 136 valence electrons. The van der Waals surface area contributed by atoms with Gasteiger partial charge in [-0.2, -0.15) is 0 Å². The van der Waals surface area contributed by atoms with Crippen LogP contribution in [0, 0.1) is 0 Å². The molecular formula is C20H18N4O3. The number of hydrogen-bond donors (Lipinski definition) is 2.